The molecule has 0 bridgehead atoms. The molecule has 0 unspecified atom stereocenters. The highest BCUT2D eigenvalue weighted by Gasteiger charge is 2.24. The lowest BCUT2D eigenvalue weighted by molar-refractivity contribution is 0.0944. The summed E-state index contributed by atoms with van der Waals surface area (Å²) in [7, 11) is 3.88. The summed E-state index contributed by atoms with van der Waals surface area (Å²) in [5.41, 5.74) is 6.57. The van der Waals surface area contributed by atoms with Gasteiger partial charge in [-0.1, -0.05) is 19.0 Å². The third kappa shape index (κ3) is 3.88. The predicted octanol–water partition coefficient (Wildman–Crippen LogP) is 1.25. The summed E-state index contributed by atoms with van der Waals surface area (Å²) in [5.74, 6) is -0.102. The Morgan fingerprint density at radius 2 is 1.90 bits per heavy atom. The van der Waals surface area contributed by atoms with Gasteiger partial charge in [-0.25, -0.2) is 0 Å². The summed E-state index contributed by atoms with van der Waals surface area (Å²) in [6, 6.07) is 7.29. The van der Waals surface area contributed by atoms with Crippen molar-refractivity contribution in [1.29, 1.82) is 0 Å². The first-order valence-corrected chi connectivity index (χ1v) is 6.31. The predicted molar refractivity (Wildman–Crippen MR) is 80.3 cm³/mol. The molecule has 1 amide bonds. The first-order valence-electron chi connectivity index (χ1n) is 6.31. The maximum Gasteiger partial charge on any atom is 0.251 e. The van der Waals surface area contributed by atoms with Gasteiger partial charge in [0.15, 0.2) is 0 Å². The third-order valence-corrected chi connectivity index (χ3v) is 3.14. The van der Waals surface area contributed by atoms with Crippen LogP contribution in [-0.4, -0.2) is 37.6 Å². The Bertz CT molecular complexity index is 492. The first kappa shape index (κ1) is 15.8. The molecule has 6 nitrogen and oxygen atoms in total. The van der Waals surface area contributed by atoms with E-state index >= 15 is 0 Å². The lowest BCUT2D eigenvalue weighted by Crippen LogP contribution is -2.42. The summed E-state index contributed by atoms with van der Waals surface area (Å²) in [6.45, 7) is 3.87. The van der Waals surface area contributed by atoms with Crippen LogP contribution in [0.3, 0.4) is 0 Å². The number of hydrogen-bond donors (Lipinski definition) is 3. The van der Waals surface area contributed by atoms with E-state index in [1.807, 2.05) is 31.1 Å². The summed E-state index contributed by atoms with van der Waals surface area (Å²) < 4.78 is 0. The Labute approximate surface area is 119 Å². The summed E-state index contributed by atoms with van der Waals surface area (Å²) in [4.78, 5) is 14.0. The van der Waals surface area contributed by atoms with Crippen molar-refractivity contribution in [2.45, 2.75) is 13.8 Å². The summed E-state index contributed by atoms with van der Waals surface area (Å²) in [6.07, 6.45) is 0. The van der Waals surface area contributed by atoms with Crippen molar-refractivity contribution < 1.29 is 10.0 Å². The van der Waals surface area contributed by atoms with Gasteiger partial charge in [-0.3, -0.25) is 4.79 Å². The Hall–Kier alpha value is -2.24. The summed E-state index contributed by atoms with van der Waals surface area (Å²) >= 11 is 0. The number of nitrogens with zero attached hydrogens (tertiary/aromatic N) is 2. The largest absolute Gasteiger partial charge is 0.409 e. The van der Waals surface area contributed by atoms with E-state index in [0.29, 0.717) is 5.56 Å². The Balaban J connectivity index is 2.68. The fraction of sp³-hybridized carbons (Fsp3) is 0.429. The highest BCUT2D eigenvalue weighted by molar-refractivity contribution is 5.95. The number of nitrogens with two attached hydrogens (primary N) is 1. The van der Waals surface area contributed by atoms with Gasteiger partial charge >= 0.3 is 0 Å². The van der Waals surface area contributed by atoms with Crippen molar-refractivity contribution in [3.8, 4) is 0 Å². The maximum atomic E-state index is 12.0. The van der Waals surface area contributed by atoms with E-state index in [4.69, 9.17) is 10.9 Å². The number of carbonyl (C=O) groups is 1. The van der Waals surface area contributed by atoms with Crippen LogP contribution >= 0.6 is 0 Å². The molecular formula is C14H22N4O2. The van der Waals surface area contributed by atoms with Gasteiger partial charge in [0.05, 0.1) is 0 Å². The van der Waals surface area contributed by atoms with Gasteiger partial charge in [0.2, 0.25) is 0 Å². The van der Waals surface area contributed by atoms with E-state index in [9.17, 15) is 4.79 Å². The van der Waals surface area contributed by atoms with E-state index < -0.39 is 5.41 Å². The minimum Gasteiger partial charge on any atom is -0.409 e. The van der Waals surface area contributed by atoms with Crippen molar-refractivity contribution in [2.75, 3.05) is 25.5 Å². The fourth-order valence-corrected chi connectivity index (χ4v) is 1.54. The molecule has 0 heterocycles. The first-order chi connectivity index (χ1) is 9.27. The molecule has 110 valence electrons. The number of benzene rings is 1. The summed E-state index contributed by atoms with van der Waals surface area (Å²) in [5, 5.41) is 14.4. The number of carbonyl (C=O) groups excluding carboxylic acids is 1. The van der Waals surface area contributed by atoms with Gasteiger partial charge < -0.3 is 21.2 Å². The smallest absolute Gasteiger partial charge is 0.251 e. The molecule has 0 saturated carbocycles. The van der Waals surface area contributed by atoms with Gasteiger partial charge in [0, 0.05) is 37.3 Å². The van der Waals surface area contributed by atoms with Crippen LogP contribution in [-0.2, 0) is 0 Å². The average molecular weight is 278 g/mol. The highest BCUT2D eigenvalue weighted by Crippen LogP contribution is 2.15. The zero-order chi connectivity index (χ0) is 15.3. The second-order valence-electron chi connectivity index (χ2n) is 5.49. The van der Waals surface area contributed by atoms with Crippen molar-refractivity contribution in [1.82, 2.24) is 5.32 Å². The third-order valence-electron chi connectivity index (χ3n) is 3.14. The van der Waals surface area contributed by atoms with Crippen molar-refractivity contribution in [3.63, 3.8) is 0 Å². The molecule has 6 heteroatoms. The number of hydrogen-bond acceptors (Lipinski definition) is 4. The van der Waals surface area contributed by atoms with Crippen LogP contribution in [0.25, 0.3) is 0 Å². The molecule has 0 atom stereocenters. The number of anilines is 1. The zero-order valence-electron chi connectivity index (χ0n) is 12.3. The van der Waals surface area contributed by atoms with Gasteiger partial charge in [0.1, 0.15) is 5.84 Å². The molecule has 0 radical (unpaired) electrons. The number of oxime groups is 1. The van der Waals surface area contributed by atoms with Gasteiger partial charge in [-0.05, 0) is 24.3 Å². The van der Waals surface area contributed by atoms with Crippen molar-refractivity contribution in [2.24, 2.45) is 16.3 Å². The number of amides is 1. The quantitative estimate of drug-likeness (QED) is 0.327. The molecule has 0 fully saturated rings. The van der Waals surface area contributed by atoms with E-state index in [2.05, 4.69) is 10.5 Å². The minimum absolute atomic E-state index is 0.0840. The maximum absolute atomic E-state index is 12.0. The van der Waals surface area contributed by atoms with E-state index in [1.54, 1.807) is 26.0 Å². The topological polar surface area (TPSA) is 91.0 Å². The second-order valence-corrected chi connectivity index (χ2v) is 5.49. The number of amidine groups is 1. The monoisotopic (exact) mass is 278 g/mol. The van der Waals surface area contributed by atoms with E-state index in [1.165, 1.54) is 0 Å². The van der Waals surface area contributed by atoms with Crippen LogP contribution in [0, 0.1) is 5.41 Å². The normalized spacial score (nSPS) is 12.1. The Morgan fingerprint density at radius 3 is 2.35 bits per heavy atom. The van der Waals surface area contributed by atoms with Crippen molar-refractivity contribution >= 4 is 17.4 Å². The molecule has 1 aromatic carbocycles. The molecule has 20 heavy (non-hydrogen) atoms. The highest BCUT2D eigenvalue weighted by atomic mass is 16.4. The lowest BCUT2D eigenvalue weighted by Gasteiger charge is -2.23. The van der Waals surface area contributed by atoms with E-state index in [0.717, 1.165) is 5.69 Å². The molecule has 0 aromatic heterocycles. The molecule has 1 rings (SSSR count). The van der Waals surface area contributed by atoms with Gasteiger partial charge in [-0.2, -0.15) is 0 Å². The van der Waals surface area contributed by atoms with Crippen LogP contribution in [0.4, 0.5) is 5.69 Å². The number of rotatable bonds is 5. The Morgan fingerprint density at radius 1 is 1.35 bits per heavy atom. The van der Waals surface area contributed by atoms with Crippen LogP contribution in [0.2, 0.25) is 0 Å². The molecule has 0 spiro atoms. The molecule has 0 aliphatic rings. The Kier molecular flexibility index (Phi) is 4.96. The molecule has 1 aromatic rings. The fourth-order valence-electron chi connectivity index (χ4n) is 1.54. The SMILES string of the molecule is CN(C)c1ccc(C(=O)NCC(C)(C)/C(N)=N/O)cc1. The van der Waals surface area contributed by atoms with Crippen molar-refractivity contribution in [3.05, 3.63) is 29.8 Å². The van der Waals surface area contributed by atoms with Crippen LogP contribution in [0.5, 0.6) is 0 Å². The zero-order valence-corrected chi connectivity index (χ0v) is 12.3. The molecule has 4 N–H and O–H groups in total. The molecule has 0 saturated heterocycles. The minimum atomic E-state index is -0.603. The lowest BCUT2D eigenvalue weighted by atomic mass is 9.92. The standard InChI is InChI=1S/C14H22N4O2/c1-14(2,13(15)17-20)9-16-12(19)10-5-7-11(8-6-10)18(3)4/h5-8,20H,9H2,1-4H3,(H2,15,17)(H,16,19). The molecule has 0 aliphatic carbocycles. The van der Waals surface area contributed by atoms with E-state index in [-0.39, 0.29) is 18.3 Å². The van der Waals surface area contributed by atoms with Gasteiger partial charge in [-0.15, -0.1) is 0 Å². The molecular weight excluding hydrogens is 256 g/mol. The van der Waals surface area contributed by atoms with Gasteiger partial charge in [0.25, 0.3) is 5.91 Å². The second kappa shape index (κ2) is 6.27. The van der Waals surface area contributed by atoms with Crippen LogP contribution < -0.4 is 16.0 Å². The number of nitrogens with one attached hydrogen (secondary N) is 1. The molecule has 0 aliphatic heterocycles. The van der Waals surface area contributed by atoms with Crippen LogP contribution in [0.1, 0.15) is 24.2 Å². The van der Waals surface area contributed by atoms with Crippen LogP contribution in [0.15, 0.2) is 29.4 Å². The average Bonchev–Trinajstić information content (AvgIpc) is 2.43.